The van der Waals surface area contributed by atoms with E-state index >= 15 is 0 Å². The van der Waals surface area contributed by atoms with Gasteiger partial charge in [-0.1, -0.05) is 17.7 Å². The summed E-state index contributed by atoms with van der Waals surface area (Å²) in [6.07, 6.45) is 0. The first-order valence-corrected chi connectivity index (χ1v) is 7.83. The number of hydrogen-bond donors (Lipinski definition) is 1. The van der Waals surface area contributed by atoms with Crippen LogP contribution in [-0.2, 0) is 9.53 Å². The lowest BCUT2D eigenvalue weighted by atomic mass is 10.1. The maximum atomic E-state index is 11.8. The van der Waals surface area contributed by atoms with Gasteiger partial charge in [-0.25, -0.2) is 4.79 Å². The zero-order valence-corrected chi connectivity index (χ0v) is 14.5. The largest absolute Gasteiger partial charge is 0.452 e. The Balaban J connectivity index is 1.89. The molecule has 2 aromatic carbocycles. The minimum absolute atomic E-state index is 0.307. The van der Waals surface area contributed by atoms with Crippen LogP contribution in [0.15, 0.2) is 42.5 Å². The number of aryl methyl sites for hydroxylation is 2. The molecular formula is C17H16INO3. The Hall–Kier alpha value is -1.89. The molecule has 1 N–H and O–H groups in total. The number of nitrogens with one attached hydrogen (secondary N) is 1. The van der Waals surface area contributed by atoms with E-state index in [4.69, 9.17) is 4.74 Å². The minimum atomic E-state index is -0.507. The van der Waals surface area contributed by atoms with Crippen molar-refractivity contribution in [1.82, 2.24) is 0 Å². The van der Waals surface area contributed by atoms with Crippen LogP contribution in [0, 0.1) is 17.4 Å². The quantitative estimate of drug-likeness (QED) is 0.619. The van der Waals surface area contributed by atoms with Crippen LogP contribution in [0.25, 0.3) is 0 Å². The average Bonchev–Trinajstić information content (AvgIpc) is 2.48. The molecule has 0 saturated carbocycles. The van der Waals surface area contributed by atoms with Crippen molar-refractivity contribution in [2.75, 3.05) is 11.9 Å². The van der Waals surface area contributed by atoms with E-state index in [1.807, 2.05) is 44.2 Å². The zero-order chi connectivity index (χ0) is 16.1. The Morgan fingerprint density at radius 3 is 2.41 bits per heavy atom. The first kappa shape index (κ1) is 16.5. The number of ether oxygens (including phenoxy) is 1. The highest BCUT2D eigenvalue weighted by molar-refractivity contribution is 14.1. The number of benzene rings is 2. The summed E-state index contributed by atoms with van der Waals surface area (Å²) in [5.41, 5.74) is 3.25. The van der Waals surface area contributed by atoms with E-state index in [2.05, 4.69) is 27.9 Å². The molecule has 4 nitrogen and oxygen atoms in total. The maximum absolute atomic E-state index is 11.8. The Bertz CT molecular complexity index is 696. The SMILES string of the molecule is Cc1ccc(NC(=O)COC(=O)c2ccc(I)cc2)c(C)c1. The van der Waals surface area contributed by atoms with Crippen molar-refractivity contribution < 1.29 is 14.3 Å². The smallest absolute Gasteiger partial charge is 0.338 e. The highest BCUT2D eigenvalue weighted by Gasteiger charge is 2.11. The number of hydrogen-bond acceptors (Lipinski definition) is 3. The lowest BCUT2D eigenvalue weighted by molar-refractivity contribution is -0.119. The van der Waals surface area contributed by atoms with Gasteiger partial charge in [0.05, 0.1) is 5.56 Å². The van der Waals surface area contributed by atoms with Gasteiger partial charge in [0, 0.05) is 9.26 Å². The zero-order valence-electron chi connectivity index (χ0n) is 12.4. The van der Waals surface area contributed by atoms with Crippen molar-refractivity contribution in [3.63, 3.8) is 0 Å². The molecule has 0 aromatic heterocycles. The van der Waals surface area contributed by atoms with E-state index in [1.54, 1.807) is 12.1 Å². The number of amides is 1. The highest BCUT2D eigenvalue weighted by atomic mass is 127. The Morgan fingerprint density at radius 1 is 1.09 bits per heavy atom. The van der Waals surface area contributed by atoms with Gasteiger partial charge in [0.2, 0.25) is 0 Å². The van der Waals surface area contributed by atoms with Crippen LogP contribution in [0.3, 0.4) is 0 Å². The first-order chi connectivity index (χ1) is 10.5. The molecule has 0 radical (unpaired) electrons. The summed E-state index contributed by atoms with van der Waals surface area (Å²) in [7, 11) is 0. The van der Waals surface area contributed by atoms with Crippen LogP contribution in [-0.4, -0.2) is 18.5 Å². The Labute approximate surface area is 143 Å². The molecule has 0 fully saturated rings. The number of halogens is 1. The summed E-state index contributed by atoms with van der Waals surface area (Å²) < 4.78 is 6.04. The van der Waals surface area contributed by atoms with E-state index in [0.717, 1.165) is 20.4 Å². The van der Waals surface area contributed by atoms with E-state index in [9.17, 15) is 9.59 Å². The van der Waals surface area contributed by atoms with Crippen LogP contribution in [0.1, 0.15) is 21.5 Å². The van der Waals surface area contributed by atoms with Crippen LogP contribution in [0.4, 0.5) is 5.69 Å². The highest BCUT2D eigenvalue weighted by Crippen LogP contribution is 2.16. The van der Waals surface area contributed by atoms with E-state index in [-0.39, 0.29) is 12.5 Å². The second-order valence-electron chi connectivity index (χ2n) is 4.95. The van der Waals surface area contributed by atoms with Crippen molar-refractivity contribution in [2.24, 2.45) is 0 Å². The molecule has 22 heavy (non-hydrogen) atoms. The average molecular weight is 409 g/mol. The fraction of sp³-hybridized carbons (Fsp3) is 0.176. The second-order valence-corrected chi connectivity index (χ2v) is 6.20. The summed E-state index contributed by atoms with van der Waals surface area (Å²) in [4.78, 5) is 23.7. The van der Waals surface area contributed by atoms with E-state index in [1.165, 1.54) is 0 Å². The van der Waals surface area contributed by atoms with Gasteiger partial charge in [-0.15, -0.1) is 0 Å². The fourth-order valence-electron chi connectivity index (χ4n) is 1.94. The number of carbonyl (C=O) groups excluding carboxylic acids is 2. The third-order valence-corrected chi connectivity index (χ3v) is 3.79. The molecule has 0 atom stereocenters. The molecule has 2 rings (SSSR count). The summed E-state index contributed by atoms with van der Waals surface area (Å²) >= 11 is 2.15. The van der Waals surface area contributed by atoms with Crippen LogP contribution in [0.2, 0.25) is 0 Å². The molecule has 5 heteroatoms. The molecule has 1 amide bonds. The van der Waals surface area contributed by atoms with Crippen molar-refractivity contribution in [3.05, 3.63) is 62.7 Å². The third-order valence-electron chi connectivity index (χ3n) is 3.07. The standard InChI is InChI=1S/C17H16INO3/c1-11-3-8-15(12(2)9-11)19-16(20)10-22-17(21)13-4-6-14(18)7-5-13/h3-9H,10H2,1-2H3,(H,19,20). The fourth-order valence-corrected chi connectivity index (χ4v) is 2.30. The van der Waals surface area contributed by atoms with Gasteiger partial charge in [0.15, 0.2) is 6.61 Å². The Kier molecular flexibility index (Phi) is 5.54. The van der Waals surface area contributed by atoms with Crippen molar-refractivity contribution in [3.8, 4) is 0 Å². The summed E-state index contributed by atoms with van der Waals surface area (Å²) in [5, 5.41) is 2.74. The molecule has 0 spiro atoms. The van der Waals surface area contributed by atoms with Gasteiger partial charge < -0.3 is 10.1 Å². The molecule has 0 aliphatic carbocycles. The molecule has 0 aliphatic rings. The molecule has 114 valence electrons. The van der Waals surface area contributed by atoms with Crippen LogP contribution in [0.5, 0.6) is 0 Å². The van der Waals surface area contributed by atoms with Crippen LogP contribution >= 0.6 is 22.6 Å². The summed E-state index contributed by atoms with van der Waals surface area (Å²) in [5.74, 6) is -0.863. The van der Waals surface area contributed by atoms with Gasteiger partial charge in [-0.05, 0) is 72.3 Å². The second kappa shape index (κ2) is 7.40. The third kappa shape index (κ3) is 4.56. The van der Waals surface area contributed by atoms with Gasteiger partial charge in [0.1, 0.15) is 0 Å². The molecule has 0 unspecified atom stereocenters. The molecule has 0 heterocycles. The predicted molar refractivity (Wildman–Crippen MR) is 94.0 cm³/mol. The lowest BCUT2D eigenvalue weighted by Gasteiger charge is -2.09. The number of esters is 1. The number of anilines is 1. The molecular weight excluding hydrogens is 393 g/mol. The minimum Gasteiger partial charge on any atom is -0.452 e. The normalized spacial score (nSPS) is 10.1. The van der Waals surface area contributed by atoms with Gasteiger partial charge in [0.25, 0.3) is 5.91 Å². The lowest BCUT2D eigenvalue weighted by Crippen LogP contribution is -2.21. The predicted octanol–water partition coefficient (Wildman–Crippen LogP) is 3.70. The number of carbonyl (C=O) groups is 2. The van der Waals surface area contributed by atoms with Gasteiger partial charge >= 0.3 is 5.97 Å². The molecule has 0 saturated heterocycles. The van der Waals surface area contributed by atoms with Crippen LogP contribution < -0.4 is 5.32 Å². The monoisotopic (exact) mass is 409 g/mol. The van der Waals surface area contributed by atoms with Crippen molar-refractivity contribution in [2.45, 2.75) is 13.8 Å². The Morgan fingerprint density at radius 2 is 1.77 bits per heavy atom. The summed E-state index contributed by atoms with van der Waals surface area (Å²) in [6.45, 7) is 3.60. The van der Waals surface area contributed by atoms with E-state index < -0.39 is 5.97 Å². The molecule has 2 aromatic rings. The van der Waals surface area contributed by atoms with Gasteiger partial charge in [-0.2, -0.15) is 0 Å². The van der Waals surface area contributed by atoms with Crippen molar-refractivity contribution in [1.29, 1.82) is 0 Å². The maximum Gasteiger partial charge on any atom is 0.338 e. The van der Waals surface area contributed by atoms with Crippen molar-refractivity contribution >= 4 is 40.2 Å². The molecule has 0 aliphatic heterocycles. The van der Waals surface area contributed by atoms with Gasteiger partial charge in [-0.3, -0.25) is 4.79 Å². The number of rotatable bonds is 4. The summed E-state index contributed by atoms with van der Waals surface area (Å²) in [6, 6.07) is 12.7. The first-order valence-electron chi connectivity index (χ1n) is 6.75. The van der Waals surface area contributed by atoms with E-state index in [0.29, 0.717) is 5.56 Å². The topological polar surface area (TPSA) is 55.4 Å². The molecule has 0 bridgehead atoms.